The third kappa shape index (κ3) is 2.62. The standard InChI is InChI=1S/C13H16N6O/c14-11-2-1-9(8-16-11)10-7-12(15)18-13(17-10)19-3-5-20-6-4-19/h1-2,7-8H,3-6H2,(H2,14,16)(H2,15,17,18). The van der Waals surface area contributed by atoms with E-state index < -0.39 is 0 Å². The average molecular weight is 272 g/mol. The van der Waals surface area contributed by atoms with Crippen LogP contribution < -0.4 is 16.4 Å². The fraction of sp³-hybridized carbons (Fsp3) is 0.308. The van der Waals surface area contributed by atoms with Crippen molar-refractivity contribution < 1.29 is 4.74 Å². The Morgan fingerprint density at radius 1 is 1.05 bits per heavy atom. The van der Waals surface area contributed by atoms with Crippen LogP contribution in [0.1, 0.15) is 0 Å². The van der Waals surface area contributed by atoms with Gasteiger partial charge in [0.1, 0.15) is 11.6 Å². The monoisotopic (exact) mass is 272 g/mol. The minimum Gasteiger partial charge on any atom is -0.384 e. The molecule has 20 heavy (non-hydrogen) atoms. The molecule has 3 heterocycles. The number of anilines is 3. The second kappa shape index (κ2) is 5.30. The number of nitrogens with two attached hydrogens (primary N) is 2. The van der Waals surface area contributed by atoms with Crippen LogP contribution in [0.5, 0.6) is 0 Å². The van der Waals surface area contributed by atoms with E-state index in [1.807, 2.05) is 6.07 Å². The van der Waals surface area contributed by atoms with Crippen molar-refractivity contribution in [3.8, 4) is 11.3 Å². The molecular formula is C13H16N6O. The van der Waals surface area contributed by atoms with Crippen molar-refractivity contribution in [1.29, 1.82) is 0 Å². The van der Waals surface area contributed by atoms with E-state index in [4.69, 9.17) is 16.2 Å². The van der Waals surface area contributed by atoms with Gasteiger partial charge in [-0.1, -0.05) is 0 Å². The third-order valence-corrected chi connectivity index (χ3v) is 3.11. The summed E-state index contributed by atoms with van der Waals surface area (Å²) in [6.07, 6.45) is 1.68. The first-order valence-electron chi connectivity index (χ1n) is 6.41. The highest BCUT2D eigenvalue weighted by Crippen LogP contribution is 2.22. The minimum absolute atomic E-state index is 0.438. The largest absolute Gasteiger partial charge is 0.384 e. The third-order valence-electron chi connectivity index (χ3n) is 3.11. The van der Waals surface area contributed by atoms with Crippen molar-refractivity contribution in [2.24, 2.45) is 0 Å². The lowest BCUT2D eigenvalue weighted by Gasteiger charge is -2.27. The Morgan fingerprint density at radius 3 is 2.55 bits per heavy atom. The van der Waals surface area contributed by atoms with Crippen LogP contribution in [0, 0.1) is 0 Å². The number of pyridine rings is 1. The van der Waals surface area contributed by atoms with E-state index in [1.54, 1.807) is 18.3 Å². The van der Waals surface area contributed by atoms with Gasteiger partial charge in [-0.25, -0.2) is 9.97 Å². The van der Waals surface area contributed by atoms with Crippen LogP contribution in [-0.4, -0.2) is 41.3 Å². The number of morpholine rings is 1. The van der Waals surface area contributed by atoms with Crippen molar-refractivity contribution in [2.75, 3.05) is 42.7 Å². The lowest BCUT2D eigenvalue weighted by molar-refractivity contribution is 0.122. The lowest BCUT2D eigenvalue weighted by Crippen LogP contribution is -2.37. The van der Waals surface area contributed by atoms with Crippen LogP contribution >= 0.6 is 0 Å². The fourth-order valence-corrected chi connectivity index (χ4v) is 2.06. The predicted molar refractivity (Wildman–Crippen MR) is 77.1 cm³/mol. The number of nitrogen functional groups attached to an aromatic ring is 2. The summed E-state index contributed by atoms with van der Waals surface area (Å²) in [5, 5.41) is 0. The summed E-state index contributed by atoms with van der Waals surface area (Å²) >= 11 is 0. The molecule has 0 radical (unpaired) electrons. The predicted octanol–water partition coefficient (Wildman–Crippen LogP) is 0.540. The van der Waals surface area contributed by atoms with Gasteiger partial charge < -0.3 is 21.1 Å². The number of hydrogen-bond donors (Lipinski definition) is 2. The van der Waals surface area contributed by atoms with Crippen molar-refractivity contribution in [1.82, 2.24) is 15.0 Å². The molecule has 0 atom stereocenters. The number of rotatable bonds is 2. The molecule has 0 bridgehead atoms. The Hall–Kier alpha value is -2.41. The molecule has 1 saturated heterocycles. The summed E-state index contributed by atoms with van der Waals surface area (Å²) in [7, 11) is 0. The zero-order chi connectivity index (χ0) is 13.9. The second-order valence-corrected chi connectivity index (χ2v) is 4.55. The van der Waals surface area contributed by atoms with Gasteiger partial charge in [-0.15, -0.1) is 0 Å². The fourth-order valence-electron chi connectivity index (χ4n) is 2.06. The topological polar surface area (TPSA) is 103 Å². The summed E-state index contributed by atoms with van der Waals surface area (Å²) < 4.78 is 5.33. The van der Waals surface area contributed by atoms with E-state index >= 15 is 0 Å². The maximum Gasteiger partial charge on any atom is 0.228 e. The molecule has 0 unspecified atom stereocenters. The highest BCUT2D eigenvalue weighted by atomic mass is 16.5. The Labute approximate surface area is 116 Å². The normalized spacial score (nSPS) is 15.3. The Kier molecular flexibility index (Phi) is 3.34. The SMILES string of the molecule is Nc1ccc(-c2cc(N)nc(N3CCOCC3)n2)cn1. The molecule has 2 aromatic heterocycles. The molecule has 4 N–H and O–H groups in total. The van der Waals surface area contributed by atoms with E-state index in [-0.39, 0.29) is 0 Å². The molecular weight excluding hydrogens is 256 g/mol. The van der Waals surface area contributed by atoms with Gasteiger partial charge in [0.25, 0.3) is 0 Å². The van der Waals surface area contributed by atoms with E-state index in [1.165, 1.54) is 0 Å². The van der Waals surface area contributed by atoms with E-state index in [0.29, 0.717) is 30.8 Å². The van der Waals surface area contributed by atoms with Crippen molar-refractivity contribution in [3.63, 3.8) is 0 Å². The number of nitrogens with zero attached hydrogens (tertiary/aromatic N) is 4. The van der Waals surface area contributed by atoms with Gasteiger partial charge in [-0.2, -0.15) is 4.98 Å². The molecule has 7 heteroatoms. The van der Waals surface area contributed by atoms with Gasteiger partial charge in [-0.3, -0.25) is 0 Å². The molecule has 1 fully saturated rings. The Bertz CT molecular complexity index is 594. The van der Waals surface area contributed by atoms with E-state index in [2.05, 4.69) is 19.9 Å². The Balaban J connectivity index is 1.95. The smallest absolute Gasteiger partial charge is 0.228 e. The van der Waals surface area contributed by atoms with Crippen molar-refractivity contribution in [2.45, 2.75) is 0 Å². The second-order valence-electron chi connectivity index (χ2n) is 4.55. The Morgan fingerprint density at radius 2 is 1.85 bits per heavy atom. The average Bonchev–Trinajstić information content (AvgIpc) is 2.48. The first kappa shape index (κ1) is 12.6. The molecule has 2 aromatic rings. The van der Waals surface area contributed by atoms with E-state index in [9.17, 15) is 0 Å². The summed E-state index contributed by atoms with van der Waals surface area (Å²) in [4.78, 5) is 15.0. The zero-order valence-electron chi connectivity index (χ0n) is 11.0. The number of aromatic nitrogens is 3. The first-order valence-corrected chi connectivity index (χ1v) is 6.41. The van der Waals surface area contributed by atoms with Crippen molar-refractivity contribution >= 4 is 17.6 Å². The minimum atomic E-state index is 0.438. The molecule has 0 aliphatic carbocycles. The number of ether oxygens (including phenoxy) is 1. The maximum atomic E-state index is 5.88. The summed E-state index contributed by atoms with van der Waals surface area (Å²) in [6.45, 7) is 2.89. The molecule has 104 valence electrons. The van der Waals surface area contributed by atoms with Gasteiger partial charge in [0, 0.05) is 30.9 Å². The summed E-state index contributed by atoms with van der Waals surface area (Å²) in [5.41, 5.74) is 13.1. The highest BCUT2D eigenvalue weighted by molar-refractivity contribution is 5.64. The van der Waals surface area contributed by atoms with Crippen LogP contribution in [-0.2, 0) is 4.74 Å². The van der Waals surface area contributed by atoms with Gasteiger partial charge in [0.05, 0.1) is 18.9 Å². The van der Waals surface area contributed by atoms with Crippen LogP contribution in [0.3, 0.4) is 0 Å². The molecule has 1 aliphatic heterocycles. The van der Waals surface area contributed by atoms with Gasteiger partial charge in [0.15, 0.2) is 0 Å². The van der Waals surface area contributed by atoms with Crippen LogP contribution in [0.2, 0.25) is 0 Å². The lowest BCUT2D eigenvalue weighted by atomic mass is 10.2. The zero-order valence-corrected chi connectivity index (χ0v) is 11.0. The highest BCUT2D eigenvalue weighted by Gasteiger charge is 2.15. The molecule has 0 amide bonds. The summed E-state index contributed by atoms with van der Waals surface area (Å²) in [5.74, 6) is 1.54. The maximum absolute atomic E-state index is 5.88. The molecule has 0 saturated carbocycles. The molecule has 3 rings (SSSR count). The van der Waals surface area contributed by atoms with Gasteiger partial charge in [-0.05, 0) is 12.1 Å². The molecule has 1 aliphatic rings. The summed E-state index contributed by atoms with van der Waals surface area (Å²) in [6, 6.07) is 5.34. The van der Waals surface area contributed by atoms with Crippen LogP contribution in [0.25, 0.3) is 11.3 Å². The first-order chi connectivity index (χ1) is 9.72. The van der Waals surface area contributed by atoms with Gasteiger partial charge >= 0.3 is 0 Å². The van der Waals surface area contributed by atoms with Crippen LogP contribution in [0.15, 0.2) is 24.4 Å². The van der Waals surface area contributed by atoms with Crippen LogP contribution in [0.4, 0.5) is 17.6 Å². The molecule has 0 aromatic carbocycles. The van der Waals surface area contributed by atoms with Crippen molar-refractivity contribution in [3.05, 3.63) is 24.4 Å². The molecule has 7 nitrogen and oxygen atoms in total. The van der Waals surface area contributed by atoms with E-state index in [0.717, 1.165) is 24.3 Å². The molecule has 0 spiro atoms. The van der Waals surface area contributed by atoms with Gasteiger partial charge in [0.2, 0.25) is 5.95 Å². The number of hydrogen-bond acceptors (Lipinski definition) is 7. The quantitative estimate of drug-likeness (QED) is 0.822.